The average Bonchev–Trinajstić information content (AvgIpc) is 1.04. The molecular weight excluding hydrogens is 1060 g/mol. The molecule has 0 N–H and O–H groups in total. The van der Waals surface area contributed by atoms with Crippen molar-refractivity contribution >= 4 is 130 Å². The van der Waals surface area contributed by atoms with Crippen molar-refractivity contribution in [2.45, 2.75) is 0 Å². The van der Waals surface area contributed by atoms with Crippen LogP contribution in [0.3, 0.4) is 0 Å². The predicted octanol–water partition coefficient (Wildman–Crippen LogP) is 24.7. The maximum atomic E-state index is 6.59. The fraction of sp³-hybridized carbons (Fsp3) is 0. The zero-order valence-corrected chi connectivity index (χ0v) is 47.8. The van der Waals surface area contributed by atoms with E-state index >= 15 is 0 Å². The molecule has 0 bridgehead atoms. The summed E-state index contributed by atoms with van der Waals surface area (Å²) in [5.74, 6) is 0. The van der Waals surface area contributed by atoms with Gasteiger partial charge in [0.05, 0.1) is 0 Å². The van der Waals surface area contributed by atoms with Gasteiger partial charge >= 0.3 is 0 Å². The molecule has 0 saturated carbocycles. The topological polar surface area (TPSA) is 26.3 Å². The number of rotatable bonds is 5. The summed E-state index contributed by atoms with van der Waals surface area (Å²) in [6.07, 6.45) is 0. The van der Waals surface area contributed by atoms with E-state index in [-0.39, 0.29) is 0 Å². The molecule has 17 aromatic carbocycles. The maximum absolute atomic E-state index is 6.59. The second-order valence-corrected chi connectivity index (χ2v) is 23.4. The van der Waals surface area contributed by atoms with Gasteiger partial charge in [-0.05, 0) is 197 Å². The summed E-state index contributed by atoms with van der Waals surface area (Å²) >= 11 is 0. The molecular formula is C86H52O2. The van der Waals surface area contributed by atoms with Crippen LogP contribution in [0.5, 0.6) is 0 Å². The molecule has 0 atom stereocenters. The number of hydrogen-bond acceptors (Lipinski definition) is 2. The van der Waals surface area contributed by atoms with E-state index in [0.29, 0.717) is 0 Å². The molecule has 0 aliphatic heterocycles. The van der Waals surface area contributed by atoms with Crippen molar-refractivity contribution in [3.8, 4) is 55.6 Å². The molecule has 0 radical (unpaired) electrons. The lowest BCUT2D eigenvalue weighted by atomic mass is 9.85. The van der Waals surface area contributed by atoms with Crippen LogP contribution in [-0.4, -0.2) is 0 Å². The minimum absolute atomic E-state index is 0.911. The minimum Gasteiger partial charge on any atom is -0.456 e. The minimum atomic E-state index is 0.911. The van der Waals surface area contributed by atoms with Gasteiger partial charge in [-0.15, -0.1) is 0 Å². The fourth-order valence-electron chi connectivity index (χ4n) is 14.3. The maximum Gasteiger partial charge on any atom is 0.143 e. The molecule has 88 heavy (non-hydrogen) atoms. The lowest BCUT2D eigenvalue weighted by molar-refractivity contribution is 0.669. The van der Waals surface area contributed by atoms with Gasteiger partial charge < -0.3 is 8.83 Å². The van der Waals surface area contributed by atoms with Crippen molar-refractivity contribution in [3.63, 3.8) is 0 Å². The Balaban J connectivity index is 0.000000133. The molecule has 2 nitrogen and oxygen atoms in total. The van der Waals surface area contributed by atoms with E-state index in [2.05, 4.69) is 315 Å². The fourth-order valence-corrected chi connectivity index (χ4v) is 14.3. The van der Waals surface area contributed by atoms with Gasteiger partial charge in [-0.2, -0.15) is 0 Å². The van der Waals surface area contributed by atoms with Crippen molar-refractivity contribution < 1.29 is 8.83 Å². The molecule has 0 aliphatic carbocycles. The van der Waals surface area contributed by atoms with Crippen LogP contribution in [0.25, 0.3) is 186 Å². The normalized spacial score (nSPS) is 11.9. The van der Waals surface area contributed by atoms with Gasteiger partial charge in [-0.25, -0.2) is 0 Å². The summed E-state index contributed by atoms with van der Waals surface area (Å²) in [4.78, 5) is 0. The van der Waals surface area contributed by atoms with E-state index in [9.17, 15) is 0 Å². The first kappa shape index (κ1) is 49.8. The molecule has 0 unspecified atom stereocenters. The Morgan fingerprint density at radius 2 is 0.466 bits per heavy atom. The van der Waals surface area contributed by atoms with Crippen LogP contribution in [-0.2, 0) is 0 Å². The smallest absolute Gasteiger partial charge is 0.143 e. The van der Waals surface area contributed by atoms with E-state index < -0.39 is 0 Å². The van der Waals surface area contributed by atoms with E-state index in [4.69, 9.17) is 8.83 Å². The molecule has 0 fully saturated rings. The lowest BCUT2D eigenvalue weighted by Gasteiger charge is -2.18. The van der Waals surface area contributed by atoms with Gasteiger partial charge in [0.2, 0.25) is 0 Å². The second kappa shape index (κ2) is 20.0. The third-order valence-electron chi connectivity index (χ3n) is 18.4. The first-order valence-electron chi connectivity index (χ1n) is 30.3. The Morgan fingerprint density at radius 3 is 0.989 bits per heavy atom. The summed E-state index contributed by atoms with van der Waals surface area (Å²) in [5, 5.41) is 24.4. The highest BCUT2D eigenvalue weighted by Crippen LogP contribution is 2.48. The quantitative estimate of drug-likeness (QED) is 0.161. The molecule has 19 rings (SSSR count). The molecule has 0 spiro atoms. The van der Waals surface area contributed by atoms with Crippen LogP contribution in [0.15, 0.2) is 324 Å². The number of fused-ring (bicyclic) bond motifs is 15. The zero-order chi connectivity index (χ0) is 57.8. The summed E-state index contributed by atoms with van der Waals surface area (Å²) < 4.78 is 13.0. The zero-order valence-electron chi connectivity index (χ0n) is 47.8. The van der Waals surface area contributed by atoms with E-state index in [1.165, 1.54) is 131 Å². The standard InChI is InChI=1S/C46H28O.C40H24O/c1-2-11-30-24-36(21-20-29(30)10-1)46-40-18-7-5-16-38(40)45(39-17-6-8-19-41(39)46)35-15-9-14-31(25-35)34-22-23-37-42-26-32-12-3-4-13-33(32)27-44(42)47-43(37)28-34;1-2-11-27-23-28(18-17-25(27)9-1)38-32-13-5-7-15-34(32)39(35-16-8-6-14-33(35)38)29-20-21-31-36-22-19-26-10-3-4-12-30(26)40(36)41-37(31)24-29/h1-28H;1-24H. The summed E-state index contributed by atoms with van der Waals surface area (Å²) in [6, 6.07) is 114. The largest absolute Gasteiger partial charge is 0.456 e. The van der Waals surface area contributed by atoms with Crippen LogP contribution in [0, 0.1) is 0 Å². The Hall–Kier alpha value is -11.6. The van der Waals surface area contributed by atoms with Gasteiger partial charge in [0.15, 0.2) is 0 Å². The molecule has 2 heteroatoms. The number of benzene rings is 17. The van der Waals surface area contributed by atoms with Gasteiger partial charge in [0.1, 0.15) is 22.3 Å². The molecule has 0 aliphatic rings. The second-order valence-electron chi connectivity index (χ2n) is 23.4. The molecule has 0 amide bonds. The van der Waals surface area contributed by atoms with Crippen LogP contribution in [0.2, 0.25) is 0 Å². The van der Waals surface area contributed by atoms with Crippen molar-refractivity contribution in [3.05, 3.63) is 315 Å². The molecule has 19 aromatic rings. The monoisotopic (exact) mass is 1120 g/mol. The third-order valence-corrected chi connectivity index (χ3v) is 18.4. The Bertz CT molecular complexity index is 5960. The summed E-state index contributed by atoms with van der Waals surface area (Å²) in [7, 11) is 0. The summed E-state index contributed by atoms with van der Waals surface area (Å²) in [5.41, 5.74) is 15.9. The molecule has 408 valence electrons. The third kappa shape index (κ3) is 8.04. The molecule has 2 aromatic heterocycles. The molecule has 2 heterocycles. The Labute approximate surface area is 507 Å². The number of furan rings is 2. The van der Waals surface area contributed by atoms with Gasteiger partial charge in [0.25, 0.3) is 0 Å². The van der Waals surface area contributed by atoms with Gasteiger partial charge in [-0.1, -0.05) is 255 Å². The summed E-state index contributed by atoms with van der Waals surface area (Å²) in [6.45, 7) is 0. The van der Waals surface area contributed by atoms with Crippen LogP contribution in [0.4, 0.5) is 0 Å². The highest BCUT2D eigenvalue weighted by atomic mass is 16.3. The van der Waals surface area contributed by atoms with Crippen molar-refractivity contribution in [2.75, 3.05) is 0 Å². The average molecular weight is 1120 g/mol. The SMILES string of the molecule is c1cc(-c2ccc3c(c2)oc2cc4ccccc4cc23)cc(-c2c3ccccc3c(-c3ccc4ccccc4c3)c3ccccc23)c1.c1ccc2cc(-c3c4ccccc4c(-c4ccc5c(c4)oc4c6ccccc6ccc54)c4ccccc34)ccc2c1. The molecule has 0 saturated heterocycles. The number of hydrogen-bond donors (Lipinski definition) is 0. The van der Waals surface area contributed by atoms with Crippen LogP contribution < -0.4 is 0 Å². The van der Waals surface area contributed by atoms with E-state index in [1.54, 1.807) is 0 Å². The first-order chi connectivity index (χ1) is 43.6. The lowest BCUT2D eigenvalue weighted by Crippen LogP contribution is -1.91. The highest BCUT2D eigenvalue weighted by Gasteiger charge is 2.21. The van der Waals surface area contributed by atoms with E-state index in [0.717, 1.165) is 54.8 Å². The Kier molecular flexibility index (Phi) is 11.3. The van der Waals surface area contributed by atoms with Gasteiger partial charge in [-0.3, -0.25) is 0 Å². The first-order valence-corrected chi connectivity index (χ1v) is 30.3. The van der Waals surface area contributed by atoms with Crippen molar-refractivity contribution in [2.24, 2.45) is 0 Å². The van der Waals surface area contributed by atoms with Crippen molar-refractivity contribution in [1.29, 1.82) is 0 Å². The van der Waals surface area contributed by atoms with Gasteiger partial charge in [0, 0.05) is 26.9 Å². The Morgan fingerprint density at radius 1 is 0.148 bits per heavy atom. The predicted molar refractivity (Wildman–Crippen MR) is 375 cm³/mol. The van der Waals surface area contributed by atoms with Crippen molar-refractivity contribution in [1.82, 2.24) is 0 Å². The van der Waals surface area contributed by atoms with E-state index in [1.807, 2.05) is 0 Å². The van der Waals surface area contributed by atoms with Crippen LogP contribution in [0.1, 0.15) is 0 Å². The van der Waals surface area contributed by atoms with Crippen LogP contribution >= 0.6 is 0 Å². The highest BCUT2D eigenvalue weighted by molar-refractivity contribution is 6.24.